The van der Waals surface area contributed by atoms with E-state index in [2.05, 4.69) is 44.8 Å². The van der Waals surface area contributed by atoms with Gasteiger partial charge in [-0.1, -0.05) is 41.0 Å². The SMILES string of the molecule is CCCC1NC(CC(C)C)C(=O)N1CC(C)C. The molecule has 0 aliphatic carbocycles. The quantitative estimate of drug-likeness (QED) is 0.774. The Kier molecular flexibility index (Phi) is 5.44. The van der Waals surface area contributed by atoms with Crippen LogP contribution in [0.3, 0.4) is 0 Å². The van der Waals surface area contributed by atoms with E-state index >= 15 is 0 Å². The van der Waals surface area contributed by atoms with Crippen molar-refractivity contribution >= 4 is 5.91 Å². The van der Waals surface area contributed by atoms with Crippen LogP contribution in [0.1, 0.15) is 53.9 Å². The molecule has 0 saturated carbocycles. The summed E-state index contributed by atoms with van der Waals surface area (Å²) in [6.45, 7) is 11.8. The molecule has 1 heterocycles. The van der Waals surface area contributed by atoms with E-state index in [1.165, 1.54) is 0 Å². The minimum Gasteiger partial charge on any atom is -0.326 e. The average Bonchev–Trinajstić information content (AvgIpc) is 2.46. The highest BCUT2D eigenvalue weighted by Gasteiger charge is 2.38. The Morgan fingerprint density at radius 2 is 1.88 bits per heavy atom. The second-order valence-corrected chi connectivity index (χ2v) is 6.04. The molecule has 1 aliphatic heterocycles. The van der Waals surface area contributed by atoms with Crippen LogP contribution >= 0.6 is 0 Å². The first-order valence-electron chi connectivity index (χ1n) is 7.02. The van der Waals surface area contributed by atoms with Crippen molar-refractivity contribution in [3.05, 3.63) is 0 Å². The van der Waals surface area contributed by atoms with E-state index in [9.17, 15) is 4.79 Å². The van der Waals surface area contributed by atoms with Crippen molar-refractivity contribution in [3.8, 4) is 0 Å². The van der Waals surface area contributed by atoms with Crippen LogP contribution in [-0.2, 0) is 4.79 Å². The summed E-state index contributed by atoms with van der Waals surface area (Å²) in [5.74, 6) is 1.42. The topological polar surface area (TPSA) is 32.3 Å². The predicted molar refractivity (Wildman–Crippen MR) is 71.6 cm³/mol. The van der Waals surface area contributed by atoms with Gasteiger partial charge in [-0.15, -0.1) is 0 Å². The fourth-order valence-electron chi connectivity index (χ4n) is 2.51. The highest BCUT2D eigenvalue weighted by atomic mass is 16.2. The van der Waals surface area contributed by atoms with Crippen molar-refractivity contribution in [1.82, 2.24) is 10.2 Å². The first kappa shape index (κ1) is 14.5. The molecule has 1 rings (SSSR count). The minimum absolute atomic E-state index is 0.0466. The van der Waals surface area contributed by atoms with Crippen molar-refractivity contribution in [3.63, 3.8) is 0 Å². The highest BCUT2D eigenvalue weighted by Crippen LogP contribution is 2.20. The Bertz CT molecular complexity index is 251. The van der Waals surface area contributed by atoms with Crippen molar-refractivity contribution in [1.29, 1.82) is 0 Å². The van der Waals surface area contributed by atoms with Gasteiger partial charge in [-0.25, -0.2) is 0 Å². The molecule has 2 atom stereocenters. The number of hydrogen-bond acceptors (Lipinski definition) is 2. The van der Waals surface area contributed by atoms with Crippen LogP contribution in [-0.4, -0.2) is 29.6 Å². The summed E-state index contributed by atoms with van der Waals surface area (Å²) in [6.07, 6.45) is 3.40. The molecule has 0 aromatic carbocycles. The maximum atomic E-state index is 12.3. The number of nitrogens with zero attached hydrogens (tertiary/aromatic N) is 1. The van der Waals surface area contributed by atoms with Crippen molar-refractivity contribution < 1.29 is 4.79 Å². The number of hydrogen-bond donors (Lipinski definition) is 1. The van der Waals surface area contributed by atoms with E-state index < -0.39 is 0 Å². The normalized spacial score (nSPS) is 25.4. The van der Waals surface area contributed by atoms with Crippen LogP contribution in [0, 0.1) is 11.8 Å². The highest BCUT2D eigenvalue weighted by molar-refractivity contribution is 5.84. The summed E-state index contributed by atoms with van der Waals surface area (Å²) >= 11 is 0. The number of amides is 1. The monoisotopic (exact) mass is 240 g/mol. The molecular formula is C14H28N2O. The summed E-state index contributed by atoms with van der Waals surface area (Å²) in [4.78, 5) is 14.4. The van der Waals surface area contributed by atoms with E-state index in [0.717, 1.165) is 25.8 Å². The van der Waals surface area contributed by atoms with E-state index in [1.807, 2.05) is 0 Å². The molecule has 1 saturated heterocycles. The van der Waals surface area contributed by atoms with E-state index in [0.29, 0.717) is 17.7 Å². The molecule has 0 radical (unpaired) electrons. The van der Waals surface area contributed by atoms with Gasteiger partial charge in [0.2, 0.25) is 5.91 Å². The number of carbonyl (C=O) groups is 1. The molecule has 1 amide bonds. The summed E-state index contributed by atoms with van der Waals surface area (Å²) in [7, 11) is 0. The third-order valence-electron chi connectivity index (χ3n) is 3.18. The second kappa shape index (κ2) is 6.39. The van der Waals surface area contributed by atoms with Crippen molar-refractivity contribution in [2.24, 2.45) is 11.8 Å². The van der Waals surface area contributed by atoms with Gasteiger partial charge in [-0.05, 0) is 24.7 Å². The summed E-state index contributed by atoms with van der Waals surface area (Å²) < 4.78 is 0. The van der Waals surface area contributed by atoms with Crippen molar-refractivity contribution in [2.75, 3.05) is 6.54 Å². The lowest BCUT2D eigenvalue weighted by atomic mass is 10.0. The van der Waals surface area contributed by atoms with Gasteiger partial charge in [0.1, 0.15) is 0 Å². The molecule has 0 bridgehead atoms. The molecule has 3 nitrogen and oxygen atoms in total. The zero-order valence-electron chi connectivity index (χ0n) is 12.0. The zero-order chi connectivity index (χ0) is 13.0. The van der Waals surface area contributed by atoms with E-state index in [1.54, 1.807) is 0 Å². The molecule has 0 aromatic heterocycles. The fourth-order valence-corrected chi connectivity index (χ4v) is 2.51. The van der Waals surface area contributed by atoms with Gasteiger partial charge in [-0.3, -0.25) is 10.1 Å². The summed E-state index contributed by atoms with van der Waals surface area (Å²) in [5.41, 5.74) is 0. The lowest BCUT2D eigenvalue weighted by Crippen LogP contribution is -2.39. The first-order valence-corrected chi connectivity index (χ1v) is 7.02. The molecule has 0 aromatic rings. The molecular weight excluding hydrogens is 212 g/mol. The van der Waals surface area contributed by atoms with E-state index in [4.69, 9.17) is 0 Å². The van der Waals surface area contributed by atoms with Crippen LogP contribution in [0.4, 0.5) is 0 Å². The maximum absolute atomic E-state index is 12.3. The van der Waals surface area contributed by atoms with Gasteiger partial charge in [0.15, 0.2) is 0 Å². The maximum Gasteiger partial charge on any atom is 0.241 e. The molecule has 3 heteroatoms. The number of nitrogens with one attached hydrogen (secondary N) is 1. The predicted octanol–water partition coefficient (Wildman–Crippen LogP) is 2.62. The molecule has 1 aliphatic rings. The average molecular weight is 240 g/mol. The third kappa shape index (κ3) is 3.98. The van der Waals surface area contributed by atoms with Crippen LogP contribution in [0.15, 0.2) is 0 Å². The van der Waals surface area contributed by atoms with Gasteiger partial charge in [0.25, 0.3) is 0 Å². The Morgan fingerprint density at radius 1 is 1.24 bits per heavy atom. The lowest BCUT2D eigenvalue weighted by molar-refractivity contribution is -0.130. The minimum atomic E-state index is 0.0466. The van der Waals surface area contributed by atoms with Gasteiger partial charge < -0.3 is 4.90 Å². The van der Waals surface area contributed by atoms with Gasteiger partial charge >= 0.3 is 0 Å². The standard InChI is InChI=1S/C14H28N2O/c1-6-7-13-15-12(8-10(2)3)14(17)16(13)9-11(4)5/h10-13,15H,6-9H2,1-5H3. The molecule has 2 unspecified atom stereocenters. The molecule has 0 spiro atoms. The lowest BCUT2D eigenvalue weighted by Gasteiger charge is -2.25. The second-order valence-electron chi connectivity index (χ2n) is 6.04. The molecule has 17 heavy (non-hydrogen) atoms. The van der Waals surface area contributed by atoms with Gasteiger partial charge in [-0.2, -0.15) is 0 Å². The van der Waals surface area contributed by atoms with Gasteiger partial charge in [0.05, 0.1) is 12.2 Å². The summed E-state index contributed by atoms with van der Waals surface area (Å²) in [5, 5.41) is 3.50. The molecule has 100 valence electrons. The van der Waals surface area contributed by atoms with Crippen molar-refractivity contribution in [2.45, 2.75) is 66.1 Å². The van der Waals surface area contributed by atoms with Crippen LogP contribution in [0.2, 0.25) is 0 Å². The Labute approximate surface area is 106 Å². The first-order chi connectivity index (χ1) is 7.95. The van der Waals surface area contributed by atoms with E-state index in [-0.39, 0.29) is 12.2 Å². The van der Waals surface area contributed by atoms with Crippen LogP contribution < -0.4 is 5.32 Å². The smallest absolute Gasteiger partial charge is 0.241 e. The van der Waals surface area contributed by atoms with Gasteiger partial charge in [0, 0.05) is 6.54 Å². The number of carbonyl (C=O) groups excluding carboxylic acids is 1. The zero-order valence-corrected chi connectivity index (χ0v) is 12.0. The molecule has 1 fully saturated rings. The Morgan fingerprint density at radius 3 is 2.35 bits per heavy atom. The number of rotatable bonds is 6. The fraction of sp³-hybridized carbons (Fsp3) is 0.929. The third-order valence-corrected chi connectivity index (χ3v) is 3.18. The Hall–Kier alpha value is -0.570. The largest absolute Gasteiger partial charge is 0.326 e. The summed E-state index contributed by atoms with van der Waals surface area (Å²) in [6, 6.07) is 0.0466. The Balaban J connectivity index is 2.67. The van der Waals surface area contributed by atoms with Crippen LogP contribution in [0.25, 0.3) is 0 Å². The molecule has 1 N–H and O–H groups in total. The van der Waals surface area contributed by atoms with Crippen LogP contribution in [0.5, 0.6) is 0 Å².